The number of fused-ring (bicyclic) bond motifs is 6. The minimum absolute atomic E-state index is 0. The largest absolute Gasteiger partial charge is 0 e. The summed E-state index contributed by atoms with van der Waals surface area (Å²) in [6.45, 7) is 10.6. The van der Waals surface area contributed by atoms with Crippen LogP contribution in [0.25, 0.3) is 72.2 Å². The van der Waals surface area contributed by atoms with Gasteiger partial charge in [-0.15, -0.1) is 12.1 Å². The second kappa shape index (κ2) is 16.1. The summed E-state index contributed by atoms with van der Waals surface area (Å²) in [5.74, 6) is 7.15. The Morgan fingerprint density at radius 2 is 1.62 bits per heavy atom. The molecule has 9 aromatic rings. The van der Waals surface area contributed by atoms with Gasteiger partial charge in [0.15, 0.2) is 0 Å². The van der Waals surface area contributed by atoms with Gasteiger partial charge in [0.1, 0.15) is 0 Å². The summed E-state index contributed by atoms with van der Waals surface area (Å²) in [5, 5.41) is 13.6. The first-order valence-corrected chi connectivity index (χ1v) is 26.6. The van der Waals surface area contributed by atoms with Crippen molar-refractivity contribution in [3.8, 4) is 34.4 Å². The molecule has 0 aliphatic rings. The summed E-state index contributed by atoms with van der Waals surface area (Å²) in [7, 11) is 0. The average Bonchev–Trinajstić information content (AvgIpc) is 3.80. The molecule has 0 N–H and O–H groups in total. The van der Waals surface area contributed by atoms with Crippen molar-refractivity contribution in [2.24, 2.45) is 0 Å². The molecule has 0 atom stereocenters. The molecule has 0 spiro atoms. The van der Waals surface area contributed by atoms with E-state index in [1.165, 1.54) is 9.96 Å². The Balaban J connectivity index is 0.000000214. The van der Waals surface area contributed by atoms with E-state index in [1.54, 1.807) is 12.3 Å². The second-order valence-electron chi connectivity index (χ2n) is 16.7. The molecular formula is C50H45GeIrN5O-2. The molecule has 4 heterocycles. The van der Waals surface area contributed by atoms with Gasteiger partial charge >= 0.3 is 120 Å². The molecule has 5 aromatic carbocycles. The Morgan fingerprint density at radius 3 is 2.31 bits per heavy atom. The van der Waals surface area contributed by atoms with E-state index >= 15 is 0 Å². The minimum atomic E-state index is -2.03. The quantitative estimate of drug-likeness (QED) is 0.127. The summed E-state index contributed by atoms with van der Waals surface area (Å²) in [6, 6.07) is 45.5. The predicted molar refractivity (Wildman–Crippen MR) is 237 cm³/mol. The molecule has 6 nitrogen and oxygen atoms in total. The van der Waals surface area contributed by atoms with Gasteiger partial charge in [-0.3, -0.25) is 4.98 Å². The standard InChI is InChI=1S/C33H23N4O.C17H22GeN.Ir/c1-33(2,3)22-12-14-23(15-13-22)37-27-17-11-20-7-4-5-8-24(20)29(27)36-31(37)26-16-10-21(19-34)28-25-9-6-18-35-32(25)38-30(26)28;1-13(2)15-11-17(14-9-7-6-8-10-14)19-12-16(15)18(3,4)5;/h4-15,17-18H,1-3H3;6-9,11-13H,1-5H3;/q2*-1;/i;13D;. The first-order valence-electron chi connectivity index (χ1n) is 19.7. The van der Waals surface area contributed by atoms with Gasteiger partial charge in [-0.1, -0.05) is 68.8 Å². The Bertz CT molecular complexity index is 3020. The molecule has 291 valence electrons. The topological polar surface area (TPSA) is 80.5 Å². The number of nitrogens with zero attached hydrogens (tertiary/aromatic N) is 5. The Morgan fingerprint density at radius 1 is 0.879 bits per heavy atom. The van der Waals surface area contributed by atoms with Gasteiger partial charge in [-0.25, -0.2) is 10.2 Å². The van der Waals surface area contributed by atoms with Crippen molar-refractivity contribution in [2.75, 3.05) is 0 Å². The number of hydrogen-bond donors (Lipinski definition) is 0. The SMILES string of the molecule is CC(C)(C)c1ccc(-n2c(-c3[c-]cc(C#N)c4c3oc3ncccc34)nc3c4ccccc4ccc32)cc1.[2H]C(C)(C)c1cc(-c2[c-]cccc2)nc[c]1[Ge]([CH3])([CH3])[CH3].[Ir]. The van der Waals surface area contributed by atoms with Crippen molar-refractivity contribution in [3.05, 3.63) is 150 Å². The molecule has 8 heteroatoms. The number of rotatable bonds is 5. The van der Waals surface area contributed by atoms with Gasteiger partial charge in [0.2, 0.25) is 5.71 Å². The summed E-state index contributed by atoms with van der Waals surface area (Å²) < 4.78 is 18.2. The number of imidazole rings is 1. The van der Waals surface area contributed by atoms with Crippen molar-refractivity contribution in [3.63, 3.8) is 0 Å². The van der Waals surface area contributed by atoms with Gasteiger partial charge < -0.3 is 8.98 Å². The van der Waals surface area contributed by atoms with Gasteiger partial charge in [0.25, 0.3) is 0 Å². The van der Waals surface area contributed by atoms with E-state index in [0.29, 0.717) is 28.2 Å². The zero-order valence-corrected chi connectivity index (χ0v) is 38.5. The number of hydrogen-bond acceptors (Lipinski definition) is 5. The van der Waals surface area contributed by atoms with Gasteiger partial charge in [-0.05, 0) is 57.6 Å². The molecule has 0 bridgehead atoms. The van der Waals surface area contributed by atoms with Crippen LogP contribution in [0.1, 0.15) is 58.6 Å². The van der Waals surface area contributed by atoms with Crippen molar-refractivity contribution in [1.29, 1.82) is 5.26 Å². The third-order valence-corrected chi connectivity index (χ3v) is 14.7. The number of aromatic nitrogens is 4. The molecule has 0 aliphatic carbocycles. The molecule has 4 aromatic heterocycles. The molecule has 0 unspecified atom stereocenters. The van der Waals surface area contributed by atoms with Crippen LogP contribution >= 0.6 is 0 Å². The Labute approximate surface area is 358 Å². The minimum Gasteiger partial charge on any atom is 0 e. The van der Waals surface area contributed by atoms with Crippen LogP contribution in [0.3, 0.4) is 0 Å². The maximum absolute atomic E-state index is 9.88. The van der Waals surface area contributed by atoms with E-state index in [1.807, 2.05) is 68.6 Å². The molecule has 0 saturated carbocycles. The third-order valence-electron chi connectivity index (χ3n) is 10.4. The number of benzene rings is 5. The first kappa shape index (κ1) is 39.4. The number of nitriles is 1. The van der Waals surface area contributed by atoms with Crippen molar-refractivity contribution < 1.29 is 25.9 Å². The van der Waals surface area contributed by atoms with E-state index in [0.717, 1.165) is 55.1 Å². The van der Waals surface area contributed by atoms with Crippen LogP contribution in [-0.2, 0) is 25.5 Å². The van der Waals surface area contributed by atoms with Crippen LogP contribution in [0.4, 0.5) is 0 Å². The average molecular weight is 998 g/mol. The Kier molecular flexibility index (Phi) is 10.9. The van der Waals surface area contributed by atoms with E-state index < -0.39 is 19.2 Å². The summed E-state index contributed by atoms with van der Waals surface area (Å²) in [6.07, 6.45) is 3.69. The predicted octanol–water partition coefficient (Wildman–Crippen LogP) is 12.3. The van der Waals surface area contributed by atoms with Crippen LogP contribution in [0.5, 0.6) is 0 Å². The zero-order valence-electron chi connectivity index (χ0n) is 35.0. The zero-order chi connectivity index (χ0) is 41.0. The van der Waals surface area contributed by atoms with Crippen LogP contribution in [0.2, 0.25) is 17.3 Å². The van der Waals surface area contributed by atoms with Crippen LogP contribution < -0.4 is 4.40 Å². The molecule has 0 fully saturated rings. The fourth-order valence-corrected chi connectivity index (χ4v) is 10.7. The van der Waals surface area contributed by atoms with E-state index in [-0.39, 0.29) is 25.5 Å². The summed E-state index contributed by atoms with van der Waals surface area (Å²) in [4.78, 5) is 14.2. The third kappa shape index (κ3) is 7.65. The maximum atomic E-state index is 9.88. The number of pyridine rings is 2. The molecule has 0 saturated heterocycles. The summed E-state index contributed by atoms with van der Waals surface area (Å²) in [5.41, 5.74) is 9.44. The molecule has 0 aliphatic heterocycles. The van der Waals surface area contributed by atoms with Gasteiger partial charge in [0.05, 0.1) is 22.4 Å². The Hall–Kier alpha value is -5.39. The monoisotopic (exact) mass is 999 g/mol. The smallest absolute Gasteiger partial charge is 0 e. The molecule has 58 heavy (non-hydrogen) atoms. The molecule has 0 amide bonds. The van der Waals surface area contributed by atoms with Crippen molar-refractivity contribution in [1.82, 2.24) is 19.5 Å². The van der Waals surface area contributed by atoms with Crippen LogP contribution in [-0.4, -0.2) is 32.8 Å². The normalized spacial score (nSPS) is 12.2. The van der Waals surface area contributed by atoms with Gasteiger partial charge in [0, 0.05) is 48.8 Å². The van der Waals surface area contributed by atoms with Crippen LogP contribution in [0.15, 0.2) is 126 Å². The first-order chi connectivity index (χ1) is 27.6. The molecular weight excluding hydrogens is 951 g/mol. The fourth-order valence-electron chi connectivity index (χ4n) is 7.43. The maximum Gasteiger partial charge on any atom is 0 e. The van der Waals surface area contributed by atoms with Crippen molar-refractivity contribution in [2.45, 2.75) is 63.2 Å². The fraction of sp³-hybridized carbons (Fsp3) is 0.200. The van der Waals surface area contributed by atoms with Crippen LogP contribution in [0, 0.1) is 23.5 Å². The molecule has 9 rings (SSSR count). The van der Waals surface area contributed by atoms with E-state index in [9.17, 15) is 5.26 Å². The van der Waals surface area contributed by atoms with E-state index in [2.05, 4.69) is 125 Å². The van der Waals surface area contributed by atoms with Gasteiger partial charge in [-0.2, -0.15) is 0 Å². The second-order valence-corrected chi connectivity index (χ2v) is 27.3. The summed E-state index contributed by atoms with van der Waals surface area (Å²) >= 11 is -2.03. The number of furan rings is 1. The molecule has 1 radical (unpaired) electrons. The van der Waals surface area contributed by atoms with Crippen molar-refractivity contribution >= 4 is 61.5 Å². The van der Waals surface area contributed by atoms with E-state index in [4.69, 9.17) is 10.8 Å².